The Morgan fingerprint density at radius 3 is 2.67 bits per heavy atom. The Morgan fingerprint density at radius 1 is 1.33 bits per heavy atom. The van der Waals surface area contributed by atoms with Crippen LogP contribution in [0, 0.1) is 0 Å². The number of thiophene rings is 1. The van der Waals surface area contributed by atoms with E-state index in [-0.39, 0.29) is 5.69 Å². The van der Waals surface area contributed by atoms with Gasteiger partial charge >= 0.3 is 5.97 Å². The van der Waals surface area contributed by atoms with Crippen molar-refractivity contribution in [2.45, 2.75) is 19.0 Å². The van der Waals surface area contributed by atoms with Gasteiger partial charge in [-0.2, -0.15) is 0 Å². The molecule has 5 nitrogen and oxygen atoms in total. The van der Waals surface area contributed by atoms with Gasteiger partial charge in [-0.3, -0.25) is 4.79 Å². The SMILES string of the molecule is O=C(NC(C(=O)O)c1cccs1)c1cccn1CC(F)F. The van der Waals surface area contributed by atoms with Gasteiger partial charge in [0.15, 0.2) is 6.04 Å². The molecule has 0 radical (unpaired) electrons. The number of nitrogens with one attached hydrogen (secondary N) is 1. The van der Waals surface area contributed by atoms with Crippen LogP contribution in [0.5, 0.6) is 0 Å². The van der Waals surface area contributed by atoms with E-state index in [2.05, 4.69) is 5.32 Å². The maximum absolute atomic E-state index is 12.4. The summed E-state index contributed by atoms with van der Waals surface area (Å²) in [5, 5.41) is 13.2. The van der Waals surface area contributed by atoms with E-state index in [9.17, 15) is 23.5 Å². The predicted molar refractivity (Wildman–Crippen MR) is 72.6 cm³/mol. The van der Waals surface area contributed by atoms with E-state index >= 15 is 0 Å². The van der Waals surface area contributed by atoms with Crippen molar-refractivity contribution in [3.05, 3.63) is 46.4 Å². The van der Waals surface area contributed by atoms with Crippen LogP contribution in [0.15, 0.2) is 35.8 Å². The van der Waals surface area contributed by atoms with Crippen molar-refractivity contribution < 1.29 is 23.5 Å². The van der Waals surface area contributed by atoms with Gasteiger partial charge in [0.2, 0.25) is 0 Å². The van der Waals surface area contributed by atoms with Gasteiger partial charge in [0.05, 0.1) is 6.54 Å². The molecular weight excluding hydrogens is 302 g/mol. The number of alkyl halides is 2. The Balaban J connectivity index is 2.17. The van der Waals surface area contributed by atoms with Crippen molar-refractivity contribution in [3.63, 3.8) is 0 Å². The van der Waals surface area contributed by atoms with Crippen LogP contribution in [0.1, 0.15) is 21.4 Å². The van der Waals surface area contributed by atoms with Crippen LogP contribution in [-0.4, -0.2) is 28.0 Å². The van der Waals surface area contributed by atoms with E-state index in [1.165, 1.54) is 29.7 Å². The molecule has 2 heterocycles. The van der Waals surface area contributed by atoms with Gasteiger partial charge in [0.1, 0.15) is 5.69 Å². The third-order valence-corrected chi connectivity index (χ3v) is 3.68. The molecule has 0 bridgehead atoms. The summed E-state index contributed by atoms with van der Waals surface area (Å²) in [6.45, 7) is -0.619. The van der Waals surface area contributed by atoms with Crippen LogP contribution in [0.25, 0.3) is 0 Å². The largest absolute Gasteiger partial charge is 0.479 e. The third-order valence-electron chi connectivity index (χ3n) is 2.75. The number of amides is 1. The van der Waals surface area contributed by atoms with E-state index in [1.54, 1.807) is 17.5 Å². The van der Waals surface area contributed by atoms with E-state index in [1.807, 2.05) is 0 Å². The average molecular weight is 314 g/mol. The summed E-state index contributed by atoms with van der Waals surface area (Å²) in [7, 11) is 0. The lowest BCUT2D eigenvalue weighted by atomic mass is 10.2. The molecule has 112 valence electrons. The molecule has 2 aromatic heterocycles. The van der Waals surface area contributed by atoms with E-state index < -0.39 is 30.9 Å². The molecule has 2 rings (SSSR count). The molecule has 1 unspecified atom stereocenters. The number of carbonyl (C=O) groups is 2. The van der Waals surface area contributed by atoms with Crippen molar-refractivity contribution in [1.82, 2.24) is 9.88 Å². The molecule has 0 aliphatic carbocycles. The number of aliphatic carboxylic acids is 1. The zero-order chi connectivity index (χ0) is 15.4. The number of aromatic nitrogens is 1. The van der Waals surface area contributed by atoms with Gasteiger partial charge in [-0.25, -0.2) is 13.6 Å². The smallest absolute Gasteiger partial charge is 0.331 e. The quantitative estimate of drug-likeness (QED) is 0.860. The number of carboxylic acid groups (broad SMARTS) is 1. The summed E-state index contributed by atoms with van der Waals surface area (Å²) in [6.07, 6.45) is -1.25. The molecule has 21 heavy (non-hydrogen) atoms. The minimum atomic E-state index is -2.60. The van der Waals surface area contributed by atoms with Crippen LogP contribution >= 0.6 is 11.3 Å². The third kappa shape index (κ3) is 3.66. The van der Waals surface area contributed by atoms with Gasteiger partial charge in [-0.15, -0.1) is 11.3 Å². The minimum Gasteiger partial charge on any atom is -0.479 e. The fourth-order valence-electron chi connectivity index (χ4n) is 1.84. The number of hydrogen-bond acceptors (Lipinski definition) is 3. The van der Waals surface area contributed by atoms with Crippen molar-refractivity contribution in [1.29, 1.82) is 0 Å². The fraction of sp³-hybridized carbons (Fsp3) is 0.231. The predicted octanol–water partition coefficient (Wildman–Crippen LogP) is 2.37. The first-order chi connectivity index (χ1) is 9.99. The van der Waals surface area contributed by atoms with E-state index in [0.717, 1.165) is 4.57 Å². The first-order valence-corrected chi connectivity index (χ1v) is 6.87. The molecule has 2 N–H and O–H groups in total. The van der Waals surface area contributed by atoms with Crippen LogP contribution in [0.3, 0.4) is 0 Å². The summed E-state index contributed by atoms with van der Waals surface area (Å²) in [6, 6.07) is 4.87. The van der Waals surface area contributed by atoms with Crippen LogP contribution in [0.4, 0.5) is 8.78 Å². The lowest BCUT2D eigenvalue weighted by Gasteiger charge is -2.14. The number of rotatable bonds is 6. The Labute approximate surface area is 122 Å². The molecule has 0 spiro atoms. The van der Waals surface area contributed by atoms with Gasteiger partial charge in [0.25, 0.3) is 12.3 Å². The van der Waals surface area contributed by atoms with Crippen molar-refractivity contribution in [2.75, 3.05) is 0 Å². The molecule has 2 aromatic rings. The highest BCUT2D eigenvalue weighted by Gasteiger charge is 2.25. The molecule has 1 atom stereocenters. The van der Waals surface area contributed by atoms with Crippen LogP contribution in [0.2, 0.25) is 0 Å². The number of halogens is 2. The Morgan fingerprint density at radius 2 is 2.10 bits per heavy atom. The average Bonchev–Trinajstić information content (AvgIpc) is 3.05. The normalized spacial score (nSPS) is 12.3. The summed E-state index contributed by atoms with van der Waals surface area (Å²) < 4.78 is 25.9. The molecular formula is C13H12F2N2O3S. The number of carbonyl (C=O) groups excluding carboxylic acids is 1. The second kappa shape index (κ2) is 6.49. The van der Waals surface area contributed by atoms with E-state index in [0.29, 0.717) is 4.88 Å². The maximum Gasteiger partial charge on any atom is 0.331 e. The first kappa shape index (κ1) is 15.2. The topological polar surface area (TPSA) is 71.3 Å². The zero-order valence-corrected chi connectivity index (χ0v) is 11.5. The van der Waals surface area contributed by atoms with Crippen molar-refractivity contribution >= 4 is 23.2 Å². The van der Waals surface area contributed by atoms with Crippen LogP contribution in [-0.2, 0) is 11.3 Å². The standard InChI is InChI=1S/C13H12F2N2O3S/c14-10(15)7-17-5-1-3-8(17)12(18)16-11(13(19)20)9-4-2-6-21-9/h1-6,10-11H,7H2,(H,16,18)(H,19,20). The fourth-order valence-corrected chi connectivity index (χ4v) is 2.61. The summed E-state index contributed by atoms with van der Waals surface area (Å²) in [4.78, 5) is 23.8. The minimum absolute atomic E-state index is 0.00175. The highest BCUT2D eigenvalue weighted by molar-refractivity contribution is 7.10. The van der Waals surface area contributed by atoms with Gasteiger partial charge in [-0.05, 0) is 23.6 Å². The number of nitrogens with zero attached hydrogens (tertiary/aromatic N) is 1. The summed E-state index contributed by atoms with van der Waals surface area (Å²) in [5.41, 5.74) is -0.00175. The second-order valence-electron chi connectivity index (χ2n) is 4.20. The molecule has 0 aliphatic rings. The molecule has 0 saturated carbocycles. The highest BCUT2D eigenvalue weighted by Crippen LogP contribution is 2.20. The first-order valence-electron chi connectivity index (χ1n) is 5.99. The van der Waals surface area contributed by atoms with Gasteiger partial charge < -0.3 is 15.0 Å². The molecule has 0 fully saturated rings. The monoisotopic (exact) mass is 314 g/mol. The lowest BCUT2D eigenvalue weighted by Crippen LogP contribution is -2.34. The van der Waals surface area contributed by atoms with Crippen molar-refractivity contribution in [2.24, 2.45) is 0 Å². The summed E-state index contributed by atoms with van der Waals surface area (Å²) >= 11 is 1.19. The lowest BCUT2D eigenvalue weighted by molar-refractivity contribution is -0.139. The molecule has 0 aromatic carbocycles. The zero-order valence-electron chi connectivity index (χ0n) is 10.7. The molecule has 0 saturated heterocycles. The Bertz CT molecular complexity index is 625. The van der Waals surface area contributed by atoms with E-state index in [4.69, 9.17) is 0 Å². The maximum atomic E-state index is 12.4. The molecule has 8 heteroatoms. The molecule has 1 amide bonds. The highest BCUT2D eigenvalue weighted by atomic mass is 32.1. The second-order valence-corrected chi connectivity index (χ2v) is 5.18. The Hall–Kier alpha value is -2.22. The molecule has 0 aliphatic heterocycles. The number of carboxylic acids is 1. The van der Waals surface area contributed by atoms with Gasteiger partial charge in [-0.1, -0.05) is 6.07 Å². The summed E-state index contributed by atoms with van der Waals surface area (Å²) in [5.74, 6) is -1.92. The number of hydrogen-bond donors (Lipinski definition) is 2. The Kier molecular flexibility index (Phi) is 4.69. The van der Waals surface area contributed by atoms with Gasteiger partial charge in [0, 0.05) is 11.1 Å². The van der Waals surface area contributed by atoms with Crippen molar-refractivity contribution in [3.8, 4) is 0 Å². The van der Waals surface area contributed by atoms with Crippen LogP contribution < -0.4 is 5.32 Å².